The third-order valence-corrected chi connectivity index (χ3v) is 4.64. The number of methoxy groups -OCH3 is 1. The fraction of sp³-hybridized carbons (Fsp3) is 0.667. The topological polar surface area (TPSA) is 12.5 Å². The predicted octanol–water partition coefficient (Wildman–Crippen LogP) is 4.66. The van der Waals surface area contributed by atoms with Gasteiger partial charge in [-0.05, 0) is 61.9 Å². The Morgan fingerprint density at radius 3 is 2.43 bits per heavy atom. The van der Waals surface area contributed by atoms with Crippen molar-refractivity contribution in [3.05, 3.63) is 29.3 Å². The molecule has 0 unspecified atom stereocenters. The summed E-state index contributed by atoms with van der Waals surface area (Å²) in [5.74, 6) is 1.68. The molecule has 0 heterocycles. The van der Waals surface area contributed by atoms with Gasteiger partial charge in [0.15, 0.2) is 0 Å². The Morgan fingerprint density at radius 2 is 1.86 bits per heavy atom. The van der Waals surface area contributed by atoms with Crippen LogP contribution < -0.4 is 4.74 Å². The summed E-state index contributed by atoms with van der Waals surface area (Å²) in [6.45, 7) is 9.41. The van der Waals surface area contributed by atoms with Gasteiger partial charge in [0.1, 0.15) is 5.75 Å². The van der Waals surface area contributed by atoms with Gasteiger partial charge >= 0.3 is 0 Å². The van der Waals surface area contributed by atoms with Crippen LogP contribution in [0.15, 0.2) is 18.2 Å². The smallest absolute Gasteiger partial charge is 0.122 e. The first-order valence-corrected chi connectivity index (χ1v) is 8.12. The molecule has 0 saturated heterocycles. The van der Waals surface area contributed by atoms with Gasteiger partial charge in [0.05, 0.1) is 7.11 Å². The van der Waals surface area contributed by atoms with Gasteiger partial charge in [-0.3, -0.25) is 4.90 Å². The first-order chi connectivity index (χ1) is 9.72. The van der Waals surface area contributed by atoms with Gasteiger partial charge in [-0.25, -0.2) is 0 Å². The molecule has 1 aromatic rings. The normalized spacial score (nSPS) is 20.8. The maximum Gasteiger partial charge on any atom is 0.122 e. The average Bonchev–Trinajstić information content (AvgIpc) is 2.47. The van der Waals surface area contributed by atoms with Gasteiger partial charge in [0.2, 0.25) is 0 Å². The third-order valence-electron chi connectivity index (χ3n) is 4.64. The lowest BCUT2D eigenvalue weighted by atomic mass is 9.79. The number of hydrogen-bond donors (Lipinski definition) is 0. The minimum absolute atomic E-state index is 0. The van der Waals surface area contributed by atoms with E-state index >= 15 is 0 Å². The molecule has 0 fully saturated rings. The molecule has 3 heteroatoms. The Balaban J connectivity index is 0.00000220. The van der Waals surface area contributed by atoms with Crippen LogP contribution >= 0.6 is 12.4 Å². The number of rotatable bonds is 6. The lowest BCUT2D eigenvalue weighted by molar-refractivity contribution is 0.158. The zero-order valence-electron chi connectivity index (χ0n) is 13.9. The van der Waals surface area contributed by atoms with E-state index < -0.39 is 0 Å². The highest BCUT2D eigenvalue weighted by atomic mass is 35.5. The number of hydrogen-bond acceptors (Lipinski definition) is 2. The summed E-state index contributed by atoms with van der Waals surface area (Å²) in [7, 11) is 1.78. The van der Waals surface area contributed by atoms with Crippen molar-refractivity contribution in [2.24, 2.45) is 0 Å². The quantitative estimate of drug-likeness (QED) is 0.757. The molecule has 2 atom stereocenters. The van der Waals surface area contributed by atoms with E-state index in [1.54, 1.807) is 7.11 Å². The Bertz CT molecular complexity index is 429. The third kappa shape index (κ3) is 3.92. The molecule has 120 valence electrons. The number of ether oxygens (including phenoxy) is 1. The van der Waals surface area contributed by atoms with Crippen LogP contribution in [0.5, 0.6) is 5.75 Å². The summed E-state index contributed by atoms with van der Waals surface area (Å²) in [6.07, 6.45) is 4.90. The van der Waals surface area contributed by atoms with E-state index in [1.165, 1.54) is 43.5 Å². The minimum Gasteiger partial charge on any atom is -0.496 e. The zero-order chi connectivity index (χ0) is 14.5. The van der Waals surface area contributed by atoms with Crippen LogP contribution in [0.4, 0.5) is 0 Å². The lowest BCUT2D eigenvalue weighted by Crippen LogP contribution is -2.42. The summed E-state index contributed by atoms with van der Waals surface area (Å²) < 4.78 is 5.54. The maximum atomic E-state index is 5.54. The molecule has 0 saturated carbocycles. The van der Waals surface area contributed by atoms with Crippen molar-refractivity contribution >= 4 is 12.4 Å². The second-order valence-corrected chi connectivity index (χ2v) is 5.96. The van der Waals surface area contributed by atoms with Gasteiger partial charge in [-0.2, -0.15) is 0 Å². The van der Waals surface area contributed by atoms with Crippen molar-refractivity contribution in [1.82, 2.24) is 4.90 Å². The fourth-order valence-corrected chi connectivity index (χ4v) is 3.73. The molecule has 2 rings (SSSR count). The van der Waals surface area contributed by atoms with Crippen LogP contribution in [-0.4, -0.2) is 31.1 Å². The van der Waals surface area contributed by atoms with Gasteiger partial charge in [0.25, 0.3) is 0 Å². The molecular weight excluding hydrogens is 282 g/mol. The van der Waals surface area contributed by atoms with Crippen molar-refractivity contribution in [2.45, 2.75) is 58.4 Å². The Hall–Kier alpha value is -0.730. The van der Waals surface area contributed by atoms with Crippen LogP contribution in [0.3, 0.4) is 0 Å². The summed E-state index contributed by atoms with van der Waals surface area (Å²) >= 11 is 0. The number of fused-ring (bicyclic) bond motifs is 1. The molecule has 0 N–H and O–H groups in total. The van der Waals surface area contributed by atoms with Crippen LogP contribution in [-0.2, 0) is 6.42 Å². The second-order valence-electron chi connectivity index (χ2n) is 5.96. The van der Waals surface area contributed by atoms with Crippen molar-refractivity contribution in [3.8, 4) is 5.75 Å². The molecule has 1 aliphatic carbocycles. The van der Waals surface area contributed by atoms with Crippen LogP contribution in [0.1, 0.15) is 57.1 Å². The molecule has 21 heavy (non-hydrogen) atoms. The van der Waals surface area contributed by atoms with Gasteiger partial charge < -0.3 is 4.74 Å². The first-order valence-electron chi connectivity index (χ1n) is 8.12. The largest absolute Gasteiger partial charge is 0.496 e. The van der Waals surface area contributed by atoms with Crippen LogP contribution in [0, 0.1) is 0 Å². The highest BCUT2D eigenvalue weighted by molar-refractivity contribution is 5.85. The highest BCUT2D eigenvalue weighted by Crippen LogP contribution is 2.38. The van der Waals surface area contributed by atoms with E-state index in [4.69, 9.17) is 4.74 Å². The van der Waals surface area contributed by atoms with E-state index in [1.807, 2.05) is 0 Å². The Kier molecular flexibility index (Phi) is 7.55. The molecule has 0 amide bonds. The summed E-state index contributed by atoms with van der Waals surface area (Å²) in [5.41, 5.74) is 2.93. The minimum atomic E-state index is 0. The standard InChI is InChI=1S/C18H29NO.ClH/c1-5-12-19(13-6-2)17-11-10-16-15(14(17)3)8-7-9-18(16)20-4;/h7-9,14,17H,5-6,10-13H2,1-4H3;1H/t14-,17+;/m0./s1. The molecular formula is C18H30ClNO. The summed E-state index contributed by atoms with van der Waals surface area (Å²) in [6, 6.07) is 7.22. The predicted molar refractivity (Wildman–Crippen MR) is 92.9 cm³/mol. The molecule has 0 spiro atoms. The molecule has 0 aromatic heterocycles. The molecule has 1 aliphatic rings. The maximum absolute atomic E-state index is 5.54. The van der Waals surface area contributed by atoms with E-state index in [0.717, 1.165) is 12.2 Å². The van der Waals surface area contributed by atoms with E-state index in [2.05, 4.69) is 43.9 Å². The Morgan fingerprint density at radius 1 is 1.19 bits per heavy atom. The zero-order valence-corrected chi connectivity index (χ0v) is 14.7. The molecule has 2 nitrogen and oxygen atoms in total. The van der Waals surface area contributed by atoms with E-state index in [9.17, 15) is 0 Å². The van der Waals surface area contributed by atoms with Crippen molar-refractivity contribution in [1.29, 1.82) is 0 Å². The van der Waals surface area contributed by atoms with Gasteiger partial charge in [-0.15, -0.1) is 12.4 Å². The van der Waals surface area contributed by atoms with E-state index in [0.29, 0.717) is 12.0 Å². The second kappa shape index (κ2) is 8.65. The van der Waals surface area contributed by atoms with Crippen molar-refractivity contribution in [3.63, 3.8) is 0 Å². The van der Waals surface area contributed by atoms with Crippen molar-refractivity contribution < 1.29 is 4.74 Å². The number of nitrogens with zero attached hydrogens (tertiary/aromatic N) is 1. The SMILES string of the molecule is CCCN(CCC)[C@@H]1CCc2c(OC)cccc2[C@@H]1C.Cl. The molecule has 0 radical (unpaired) electrons. The first kappa shape index (κ1) is 18.3. The highest BCUT2D eigenvalue weighted by Gasteiger charge is 2.31. The lowest BCUT2D eigenvalue weighted by Gasteiger charge is -2.40. The average molecular weight is 312 g/mol. The monoisotopic (exact) mass is 311 g/mol. The fourth-order valence-electron chi connectivity index (χ4n) is 3.73. The molecule has 1 aromatic carbocycles. The molecule has 0 aliphatic heterocycles. The Labute approximate surface area is 136 Å². The number of halogens is 1. The van der Waals surface area contributed by atoms with Crippen LogP contribution in [0.2, 0.25) is 0 Å². The van der Waals surface area contributed by atoms with Crippen LogP contribution in [0.25, 0.3) is 0 Å². The van der Waals surface area contributed by atoms with Crippen molar-refractivity contribution in [2.75, 3.05) is 20.2 Å². The molecule has 0 bridgehead atoms. The van der Waals surface area contributed by atoms with E-state index in [-0.39, 0.29) is 12.4 Å². The number of benzene rings is 1. The van der Waals surface area contributed by atoms with Gasteiger partial charge in [-0.1, -0.05) is 32.9 Å². The summed E-state index contributed by atoms with van der Waals surface area (Å²) in [5, 5.41) is 0. The summed E-state index contributed by atoms with van der Waals surface area (Å²) in [4.78, 5) is 2.70. The van der Waals surface area contributed by atoms with Gasteiger partial charge in [0, 0.05) is 6.04 Å².